The Morgan fingerprint density at radius 1 is 1.38 bits per heavy atom. The van der Waals surface area contributed by atoms with Crippen molar-refractivity contribution in [2.24, 2.45) is 0 Å². The Hall–Kier alpha value is -2.00. The molecule has 1 aliphatic rings. The van der Waals surface area contributed by atoms with Crippen LogP contribution in [0.1, 0.15) is 12.5 Å². The Morgan fingerprint density at radius 3 is 2.62 bits per heavy atom. The van der Waals surface area contributed by atoms with Crippen LogP contribution in [0.15, 0.2) is 21.5 Å². The van der Waals surface area contributed by atoms with Crippen LogP contribution in [-0.4, -0.2) is 47.4 Å². The molecule has 0 saturated carbocycles. The molecule has 1 fully saturated rings. The molecule has 1 aromatic carbocycles. The number of halogens is 1. The van der Waals surface area contributed by atoms with Crippen molar-refractivity contribution in [3.63, 3.8) is 0 Å². The number of esters is 1. The number of thioether (sulfide) groups is 1. The van der Waals surface area contributed by atoms with Crippen molar-refractivity contribution in [2.45, 2.75) is 13.0 Å². The predicted molar refractivity (Wildman–Crippen MR) is 91.6 cm³/mol. The molecule has 128 valence electrons. The van der Waals surface area contributed by atoms with Crippen LogP contribution in [0, 0.1) is 0 Å². The lowest BCUT2D eigenvalue weighted by Crippen LogP contribution is -2.42. The summed E-state index contributed by atoms with van der Waals surface area (Å²) in [7, 11) is 2.59. The first-order chi connectivity index (χ1) is 11.3. The van der Waals surface area contributed by atoms with E-state index < -0.39 is 23.2 Å². The molecular formula is C15H14BrNO6S. The average molecular weight is 416 g/mol. The number of carbonyl (C=O) groups is 3. The number of hydrogen-bond donors (Lipinski definition) is 1. The lowest BCUT2D eigenvalue weighted by atomic mass is 10.1. The second kappa shape index (κ2) is 7.27. The van der Waals surface area contributed by atoms with Crippen molar-refractivity contribution in [3.05, 3.63) is 27.1 Å². The molecule has 0 aromatic heterocycles. The molecule has 24 heavy (non-hydrogen) atoms. The molecule has 1 saturated heterocycles. The monoisotopic (exact) mass is 415 g/mol. The van der Waals surface area contributed by atoms with E-state index in [9.17, 15) is 19.5 Å². The minimum absolute atomic E-state index is 0.0612. The summed E-state index contributed by atoms with van der Waals surface area (Å²) in [6.45, 7) is 1.42. The number of hydrogen-bond acceptors (Lipinski definition) is 7. The summed E-state index contributed by atoms with van der Waals surface area (Å²) >= 11 is 4.00. The molecular weight excluding hydrogens is 402 g/mol. The van der Waals surface area contributed by atoms with Gasteiger partial charge in [-0.2, -0.15) is 0 Å². The lowest BCUT2D eigenvalue weighted by molar-refractivity contribution is -0.148. The van der Waals surface area contributed by atoms with E-state index in [0.29, 0.717) is 10.0 Å². The van der Waals surface area contributed by atoms with Gasteiger partial charge in [-0.1, -0.05) is 15.9 Å². The minimum Gasteiger partial charge on any atom is -0.504 e. The van der Waals surface area contributed by atoms with Crippen LogP contribution in [0.4, 0.5) is 4.79 Å². The van der Waals surface area contributed by atoms with Gasteiger partial charge >= 0.3 is 5.97 Å². The number of methoxy groups -OCH3 is 2. The molecule has 0 aliphatic carbocycles. The molecule has 1 heterocycles. The first kappa shape index (κ1) is 18.3. The number of phenolic OH excluding ortho intramolecular Hbond substituents is 1. The van der Waals surface area contributed by atoms with Gasteiger partial charge in [0.25, 0.3) is 11.1 Å². The minimum atomic E-state index is -1.01. The molecule has 9 heteroatoms. The van der Waals surface area contributed by atoms with E-state index >= 15 is 0 Å². The number of phenols is 1. The van der Waals surface area contributed by atoms with E-state index in [1.165, 1.54) is 39.4 Å². The normalized spacial score (nSPS) is 17.3. The van der Waals surface area contributed by atoms with Crippen molar-refractivity contribution in [3.8, 4) is 11.5 Å². The molecule has 7 nitrogen and oxygen atoms in total. The van der Waals surface area contributed by atoms with Gasteiger partial charge in [-0.05, 0) is 42.5 Å². The molecule has 0 unspecified atom stereocenters. The van der Waals surface area contributed by atoms with Gasteiger partial charge in [-0.3, -0.25) is 14.5 Å². The zero-order valence-electron chi connectivity index (χ0n) is 13.0. The van der Waals surface area contributed by atoms with E-state index in [-0.39, 0.29) is 16.4 Å². The van der Waals surface area contributed by atoms with E-state index in [1.54, 1.807) is 0 Å². The molecule has 0 bridgehead atoms. The number of nitrogens with zero attached hydrogens (tertiary/aromatic N) is 1. The Morgan fingerprint density at radius 2 is 2.04 bits per heavy atom. The van der Waals surface area contributed by atoms with Crippen LogP contribution in [0.5, 0.6) is 11.5 Å². The number of ether oxygens (including phenoxy) is 2. The Labute approximate surface area is 150 Å². The SMILES string of the molecule is COC(=O)[C@H](C)N1C(=O)S/C(=C/c2cc(OC)c(O)cc2Br)C1=O. The number of imide groups is 1. The summed E-state index contributed by atoms with van der Waals surface area (Å²) in [5.74, 6) is -1.09. The van der Waals surface area contributed by atoms with Gasteiger partial charge in [-0.15, -0.1) is 0 Å². The molecule has 1 atom stereocenters. The summed E-state index contributed by atoms with van der Waals surface area (Å²) in [4.78, 5) is 37.1. The zero-order valence-corrected chi connectivity index (χ0v) is 15.4. The number of amides is 2. The third kappa shape index (κ3) is 3.41. The molecule has 2 rings (SSSR count). The van der Waals surface area contributed by atoms with E-state index in [0.717, 1.165) is 16.7 Å². The van der Waals surface area contributed by atoms with Crippen molar-refractivity contribution in [1.82, 2.24) is 4.90 Å². The summed E-state index contributed by atoms with van der Waals surface area (Å²) in [5.41, 5.74) is 0.542. The first-order valence-corrected chi connectivity index (χ1v) is 8.32. The number of aromatic hydroxyl groups is 1. The van der Waals surface area contributed by atoms with E-state index in [2.05, 4.69) is 20.7 Å². The molecule has 1 aromatic rings. The fraction of sp³-hybridized carbons (Fsp3) is 0.267. The highest BCUT2D eigenvalue weighted by molar-refractivity contribution is 9.10. The third-order valence-electron chi connectivity index (χ3n) is 3.34. The van der Waals surface area contributed by atoms with Gasteiger partial charge in [0.05, 0.1) is 19.1 Å². The van der Waals surface area contributed by atoms with E-state index in [1.807, 2.05) is 0 Å². The van der Waals surface area contributed by atoms with Crippen LogP contribution in [0.3, 0.4) is 0 Å². The van der Waals surface area contributed by atoms with Crippen LogP contribution in [0.2, 0.25) is 0 Å². The molecule has 2 amide bonds. The van der Waals surface area contributed by atoms with E-state index in [4.69, 9.17) is 4.74 Å². The van der Waals surface area contributed by atoms with Gasteiger partial charge in [0.15, 0.2) is 11.5 Å². The second-order valence-corrected chi connectivity index (χ2v) is 6.64. The molecule has 0 spiro atoms. The number of benzene rings is 1. The summed E-state index contributed by atoms with van der Waals surface area (Å²) in [6.07, 6.45) is 1.49. The van der Waals surface area contributed by atoms with Gasteiger partial charge in [0.1, 0.15) is 6.04 Å². The standard InChI is InChI=1S/C15H14BrNO6S/c1-7(14(20)23-3)17-13(19)12(24-15(17)21)5-8-4-11(22-2)10(18)6-9(8)16/h4-7,18H,1-3H3/b12-5+/t7-/m0/s1. The Balaban J connectivity index is 2.37. The maximum absolute atomic E-state index is 12.4. The van der Waals surface area contributed by atoms with Gasteiger partial charge in [-0.25, -0.2) is 4.79 Å². The van der Waals surface area contributed by atoms with Crippen LogP contribution >= 0.6 is 27.7 Å². The van der Waals surface area contributed by atoms with Crippen molar-refractivity contribution < 1.29 is 29.0 Å². The molecule has 0 radical (unpaired) electrons. The van der Waals surface area contributed by atoms with Crippen LogP contribution in [0.25, 0.3) is 6.08 Å². The molecule has 1 N–H and O–H groups in total. The van der Waals surface area contributed by atoms with Gasteiger partial charge in [0, 0.05) is 4.47 Å². The topological polar surface area (TPSA) is 93.1 Å². The first-order valence-electron chi connectivity index (χ1n) is 6.71. The lowest BCUT2D eigenvalue weighted by Gasteiger charge is -2.18. The summed E-state index contributed by atoms with van der Waals surface area (Å²) in [5, 5.41) is 9.16. The van der Waals surface area contributed by atoms with Crippen molar-refractivity contribution >= 4 is 50.9 Å². The predicted octanol–water partition coefficient (Wildman–Crippen LogP) is 2.76. The van der Waals surface area contributed by atoms with Crippen molar-refractivity contribution in [1.29, 1.82) is 0 Å². The summed E-state index contributed by atoms with van der Waals surface area (Å²) < 4.78 is 10.1. The highest BCUT2D eigenvalue weighted by atomic mass is 79.9. The van der Waals surface area contributed by atoms with Gasteiger partial charge in [0.2, 0.25) is 0 Å². The highest BCUT2D eigenvalue weighted by Gasteiger charge is 2.41. The fourth-order valence-corrected chi connectivity index (χ4v) is 3.41. The highest BCUT2D eigenvalue weighted by Crippen LogP contribution is 2.38. The summed E-state index contributed by atoms with van der Waals surface area (Å²) in [6, 6.07) is 1.94. The van der Waals surface area contributed by atoms with Crippen molar-refractivity contribution in [2.75, 3.05) is 14.2 Å². The Bertz CT molecular complexity index is 748. The maximum atomic E-state index is 12.4. The third-order valence-corrected chi connectivity index (χ3v) is 4.91. The molecule has 1 aliphatic heterocycles. The van der Waals surface area contributed by atoms with Crippen LogP contribution in [-0.2, 0) is 14.3 Å². The quantitative estimate of drug-likeness (QED) is 0.596. The average Bonchev–Trinajstić information content (AvgIpc) is 2.82. The zero-order chi connectivity index (χ0) is 18.0. The number of rotatable bonds is 4. The fourth-order valence-electron chi connectivity index (χ4n) is 2.06. The van der Waals surface area contributed by atoms with Gasteiger partial charge < -0.3 is 14.6 Å². The Kier molecular flexibility index (Phi) is 5.55. The number of carbonyl (C=O) groups excluding carboxylic acids is 3. The maximum Gasteiger partial charge on any atom is 0.328 e. The largest absolute Gasteiger partial charge is 0.504 e. The van der Waals surface area contributed by atoms with Crippen LogP contribution < -0.4 is 4.74 Å². The smallest absolute Gasteiger partial charge is 0.328 e. The second-order valence-electron chi connectivity index (χ2n) is 4.80.